The van der Waals surface area contributed by atoms with Crippen molar-refractivity contribution in [3.05, 3.63) is 29.8 Å². The van der Waals surface area contributed by atoms with Gasteiger partial charge in [-0.25, -0.2) is 0 Å². The summed E-state index contributed by atoms with van der Waals surface area (Å²) in [5.41, 5.74) is 1.37. The van der Waals surface area contributed by atoms with Crippen LogP contribution in [0, 0.1) is 0 Å². The third-order valence-corrected chi connectivity index (χ3v) is 2.97. The van der Waals surface area contributed by atoms with Crippen LogP contribution in [0.5, 0.6) is 0 Å². The van der Waals surface area contributed by atoms with E-state index in [4.69, 9.17) is 0 Å². The highest BCUT2D eigenvalue weighted by molar-refractivity contribution is 5.95. The molecule has 0 saturated carbocycles. The number of amides is 2. The summed E-state index contributed by atoms with van der Waals surface area (Å²) in [6.07, 6.45) is 2.94. The van der Waals surface area contributed by atoms with Gasteiger partial charge in [0.05, 0.1) is 6.54 Å². The van der Waals surface area contributed by atoms with E-state index < -0.39 is 0 Å². The first-order valence-corrected chi connectivity index (χ1v) is 7.56. The van der Waals surface area contributed by atoms with Gasteiger partial charge in [-0.05, 0) is 31.0 Å². The lowest BCUT2D eigenvalue weighted by Crippen LogP contribution is -2.30. The highest BCUT2D eigenvalue weighted by Gasteiger charge is 2.06. The Morgan fingerprint density at radius 3 is 2.57 bits per heavy atom. The molecule has 3 N–H and O–H groups in total. The minimum Gasteiger partial charge on any atom is -0.376 e. The fourth-order valence-electron chi connectivity index (χ4n) is 1.76. The molecular formula is C16H25N3O2. The number of rotatable bonds is 9. The highest BCUT2D eigenvalue weighted by atomic mass is 16.2. The SMILES string of the molecule is CCCCNC(=O)c1cccc(NCC(=O)NCCC)c1. The van der Waals surface area contributed by atoms with Gasteiger partial charge in [-0.2, -0.15) is 0 Å². The van der Waals surface area contributed by atoms with Gasteiger partial charge >= 0.3 is 0 Å². The topological polar surface area (TPSA) is 70.2 Å². The summed E-state index contributed by atoms with van der Waals surface area (Å²) >= 11 is 0. The molecule has 116 valence electrons. The Balaban J connectivity index is 2.48. The minimum atomic E-state index is -0.0810. The summed E-state index contributed by atoms with van der Waals surface area (Å²) in [4.78, 5) is 23.4. The summed E-state index contributed by atoms with van der Waals surface area (Å²) in [5.74, 6) is -0.128. The molecule has 0 aliphatic carbocycles. The smallest absolute Gasteiger partial charge is 0.251 e. The van der Waals surface area contributed by atoms with E-state index in [0.717, 1.165) is 24.9 Å². The molecule has 0 saturated heterocycles. The van der Waals surface area contributed by atoms with Crippen molar-refractivity contribution in [2.24, 2.45) is 0 Å². The van der Waals surface area contributed by atoms with E-state index >= 15 is 0 Å². The standard InChI is InChI=1S/C16H25N3O2/c1-3-5-10-18-16(21)13-7-6-8-14(11-13)19-12-15(20)17-9-4-2/h6-8,11,19H,3-5,9-10,12H2,1-2H3,(H,17,20)(H,18,21). The molecule has 0 spiro atoms. The lowest BCUT2D eigenvalue weighted by atomic mass is 10.2. The van der Waals surface area contributed by atoms with Crippen molar-refractivity contribution in [1.82, 2.24) is 10.6 Å². The van der Waals surface area contributed by atoms with Crippen LogP contribution in [-0.2, 0) is 4.79 Å². The van der Waals surface area contributed by atoms with Crippen LogP contribution in [0.3, 0.4) is 0 Å². The molecule has 0 bridgehead atoms. The number of carbonyl (C=O) groups excluding carboxylic acids is 2. The molecule has 5 nitrogen and oxygen atoms in total. The Hall–Kier alpha value is -2.04. The first-order valence-electron chi connectivity index (χ1n) is 7.56. The predicted octanol–water partition coefficient (Wildman–Crippen LogP) is 2.15. The zero-order valence-electron chi connectivity index (χ0n) is 12.9. The van der Waals surface area contributed by atoms with Crippen molar-refractivity contribution in [3.8, 4) is 0 Å². The van der Waals surface area contributed by atoms with Gasteiger partial charge in [-0.1, -0.05) is 26.3 Å². The van der Waals surface area contributed by atoms with Gasteiger partial charge in [0.25, 0.3) is 5.91 Å². The van der Waals surface area contributed by atoms with Crippen LogP contribution in [0.25, 0.3) is 0 Å². The number of hydrogen-bond donors (Lipinski definition) is 3. The van der Waals surface area contributed by atoms with Crippen molar-refractivity contribution < 1.29 is 9.59 Å². The van der Waals surface area contributed by atoms with E-state index in [2.05, 4.69) is 22.9 Å². The molecule has 1 rings (SSSR count). The average molecular weight is 291 g/mol. The minimum absolute atomic E-state index is 0.0466. The number of unbranched alkanes of at least 4 members (excludes halogenated alkanes) is 1. The van der Waals surface area contributed by atoms with Crippen LogP contribution in [0.1, 0.15) is 43.5 Å². The maximum atomic E-state index is 11.9. The van der Waals surface area contributed by atoms with Crippen LogP contribution in [0.4, 0.5) is 5.69 Å². The van der Waals surface area contributed by atoms with Crippen molar-refractivity contribution in [1.29, 1.82) is 0 Å². The molecule has 0 aromatic heterocycles. The van der Waals surface area contributed by atoms with E-state index in [-0.39, 0.29) is 18.4 Å². The van der Waals surface area contributed by atoms with Gasteiger partial charge in [-0.15, -0.1) is 0 Å². The van der Waals surface area contributed by atoms with Gasteiger partial charge < -0.3 is 16.0 Å². The summed E-state index contributed by atoms with van der Waals surface area (Å²) < 4.78 is 0. The third-order valence-electron chi connectivity index (χ3n) is 2.97. The van der Waals surface area contributed by atoms with E-state index in [1.54, 1.807) is 18.2 Å². The van der Waals surface area contributed by atoms with Gasteiger partial charge in [-0.3, -0.25) is 9.59 Å². The second kappa shape index (κ2) is 9.80. The second-order valence-electron chi connectivity index (χ2n) is 4.89. The van der Waals surface area contributed by atoms with E-state index in [0.29, 0.717) is 18.7 Å². The number of anilines is 1. The Bertz CT molecular complexity index is 461. The Morgan fingerprint density at radius 1 is 1.05 bits per heavy atom. The quantitative estimate of drug-likeness (QED) is 0.611. The van der Waals surface area contributed by atoms with Crippen molar-refractivity contribution >= 4 is 17.5 Å². The monoisotopic (exact) mass is 291 g/mol. The first-order chi connectivity index (χ1) is 10.2. The molecule has 2 amide bonds. The average Bonchev–Trinajstić information content (AvgIpc) is 2.51. The predicted molar refractivity (Wildman–Crippen MR) is 85.5 cm³/mol. The van der Waals surface area contributed by atoms with Gasteiger partial charge in [0.1, 0.15) is 0 Å². The summed E-state index contributed by atoms with van der Waals surface area (Å²) in [6.45, 7) is 5.67. The summed E-state index contributed by atoms with van der Waals surface area (Å²) in [6, 6.07) is 7.18. The largest absolute Gasteiger partial charge is 0.376 e. The molecule has 0 heterocycles. The van der Waals surface area contributed by atoms with E-state index in [1.807, 2.05) is 13.0 Å². The fourth-order valence-corrected chi connectivity index (χ4v) is 1.76. The molecule has 5 heteroatoms. The summed E-state index contributed by atoms with van der Waals surface area (Å²) in [7, 11) is 0. The lowest BCUT2D eigenvalue weighted by Gasteiger charge is -2.09. The molecule has 0 radical (unpaired) electrons. The molecule has 0 unspecified atom stereocenters. The zero-order chi connectivity index (χ0) is 15.5. The summed E-state index contributed by atoms with van der Waals surface area (Å²) in [5, 5.41) is 8.69. The number of hydrogen-bond acceptors (Lipinski definition) is 3. The Labute approximate surface area is 126 Å². The highest BCUT2D eigenvalue weighted by Crippen LogP contribution is 2.10. The van der Waals surface area contributed by atoms with Crippen molar-refractivity contribution in [2.75, 3.05) is 25.0 Å². The van der Waals surface area contributed by atoms with E-state index in [9.17, 15) is 9.59 Å². The lowest BCUT2D eigenvalue weighted by molar-refractivity contribution is -0.119. The molecule has 0 fully saturated rings. The van der Waals surface area contributed by atoms with Crippen LogP contribution in [-0.4, -0.2) is 31.4 Å². The molecule has 0 atom stereocenters. The van der Waals surface area contributed by atoms with Crippen LogP contribution in [0.15, 0.2) is 24.3 Å². The molecule has 1 aromatic carbocycles. The van der Waals surface area contributed by atoms with E-state index in [1.165, 1.54) is 0 Å². The maximum Gasteiger partial charge on any atom is 0.251 e. The molecule has 21 heavy (non-hydrogen) atoms. The number of carbonyl (C=O) groups is 2. The van der Waals surface area contributed by atoms with Crippen molar-refractivity contribution in [2.45, 2.75) is 33.1 Å². The van der Waals surface area contributed by atoms with Crippen LogP contribution < -0.4 is 16.0 Å². The number of nitrogens with one attached hydrogen (secondary N) is 3. The number of benzene rings is 1. The fraction of sp³-hybridized carbons (Fsp3) is 0.500. The van der Waals surface area contributed by atoms with Crippen molar-refractivity contribution in [3.63, 3.8) is 0 Å². The van der Waals surface area contributed by atoms with Gasteiger partial charge in [0.15, 0.2) is 0 Å². The Morgan fingerprint density at radius 2 is 1.86 bits per heavy atom. The van der Waals surface area contributed by atoms with Gasteiger partial charge in [0, 0.05) is 24.3 Å². The van der Waals surface area contributed by atoms with Gasteiger partial charge in [0.2, 0.25) is 5.91 Å². The first kappa shape index (κ1) is 17.0. The van der Waals surface area contributed by atoms with Crippen LogP contribution in [0.2, 0.25) is 0 Å². The zero-order valence-corrected chi connectivity index (χ0v) is 12.9. The molecule has 1 aromatic rings. The molecule has 0 aliphatic rings. The molecule has 0 aliphatic heterocycles. The Kier molecular flexibility index (Phi) is 7.94. The normalized spacial score (nSPS) is 10.0. The second-order valence-corrected chi connectivity index (χ2v) is 4.89. The molecular weight excluding hydrogens is 266 g/mol. The van der Waals surface area contributed by atoms with Crippen LogP contribution >= 0.6 is 0 Å². The maximum absolute atomic E-state index is 11.9. The third kappa shape index (κ3) is 6.79.